The van der Waals surface area contributed by atoms with Crippen molar-refractivity contribution in [2.75, 3.05) is 0 Å². The summed E-state index contributed by atoms with van der Waals surface area (Å²) in [7, 11) is 1.52. The Balaban J connectivity index is 2.75. The van der Waals surface area contributed by atoms with Crippen LogP contribution in [0.25, 0.3) is 10.2 Å². The van der Waals surface area contributed by atoms with Gasteiger partial charge in [-0.3, -0.25) is 0 Å². The van der Waals surface area contributed by atoms with E-state index < -0.39 is 9.05 Å². The largest absolute Gasteiger partial charge is 0.270 e. The van der Waals surface area contributed by atoms with Gasteiger partial charge in [-0.2, -0.15) is 0 Å². The Hall–Kier alpha value is -0.360. The molecule has 3 nitrogen and oxygen atoms in total. The Bertz CT molecular complexity index is 591. The maximum atomic E-state index is 11.0. The molecule has 0 aliphatic carbocycles. The fraction of sp³-hybridized carbons (Fsp3) is 0. The molecule has 74 valence electrons. The lowest BCUT2D eigenvalue weighted by atomic mass is 10.4. The van der Waals surface area contributed by atoms with E-state index in [1.54, 1.807) is 12.1 Å². The van der Waals surface area contributed by atoms with E-state index >= 15 is 0 Å². The Morgan fingerprint density at radius 1 is 1.36 bits per heavy atom. The molecular formula is C7H3Cl2NO2S2. The van der Waals surface area contributed by atoms with E-state index in [1.807, 2.05) is 0 Å². The molecule has 0 N–H and O–H groups in total. The van der Waals surface area contributed by atoms with Gasteiger partial charge < -0.3 is 0 Å². The van der Waals surface area contributed by atoms with Crippen molar-refractivity contribution in [2.24, 2.45) is 0 Å². The van der Waals surface area contributed by atoms with Crippen LogP contribution in [0.1, 0.15) is 0 Å². The number of aromatic nitrogens is 1. The maximum Gasteiger partial charge on any atom is 0.270 e. The van der Waals surface area contributed by atoms with Crippen molar-refractivity contribution in [1.82, 2.24) is 4.98 Å². The molecule has 0 bridgehead atoms. The van der Waals surface area contributed by atoms with E-state index in [0.29, 0.717) is 10.7 Å². The molecule has 0 unspecified atom stereocenters. The highest BCUT2D eigenvalue weighted by Crippen LogP contribution is 2.30. The van der Waals surface area contributed by atoms with E-state index in [1.165, 1.54) is 6.07 Å². The molecule has 2 rings (SSSR count). The van der Waals surface area contributed by atoms with Crippen LogP contribution in [0.4, 0.5) is 0 Å². The quantitative estimate of drug-likeness (QED) is 0.590. The smallest absolute Gasteiger partial charge is 0.235 e. The van der Waals surface area contributed by atoms with Crippen LogP contribution in [-0.2, 0) is 9.05 Å². The molecule has 0 fully saturated rings. The van der Waals surface area contributed by atoms with Gasteiger partial charge in [-0.25, -0.2) is 13.4 Å². The number of fused-ring (bicyclic) bond motifs is 1. The fourth-order valence-electron chi connectivity index (χ4n) is 0.997. The summed E-state index contributed by atoms with van der Waals surface area (Å²) in [6.45, 7) is 0. The van der Waals surface area contributed by atoms with E-state index in [0.717, 1.165) is 16.0 Å². The predicted octanol–water partition coefficient (Wildman–Crippen LogP) is 2.88. The SMILES string of the molecule is O=S(=O)(Cl)c1cc2nc(Cl)ccc2s1. The molecule has 2 aromatic heterocycles. The molecular weight excluding hydrogens is 265 g/mol. The van der Waals surface area contributed by atoms with E-state index in [2.05, 4.69) is 4.98 Å². The first kappa shape index (κ1) is 10.2. The summed E-state index contributed by atoms with van der Waals surface area (Å²) in [4.78, 5) is 3.96. The minimum absolute atomic E-state index is 0.0870. The zero-order valence-corrected chi connectivity index (χ0v) is 9.71. The van der Waals surface area contributed by atoms with Gasteiger partial charge in [-0.15, -0.1) is 11.3 Å². The molecule has 0 aromatic carbocycles. The zero-order valence-electron chi connectivity index (χ0n) is 6.57. The highest BCUT2D eigenvalue weighted by Gasteiger charge is 2.14. The van der Waals surface area contributed by atoms with Crippen molar-refractivity contribution >= 4 is 52.9 Å². The van der Waals surface area contributed by atoms with E-state index in [9.17, 15) is 8.42 Å². The third-order valence-corrected chi connectivity index (χ3v) is 4.93. The minimum Gasteiger partial charge on any atom is -0.235 e. The molecule has 0 saturated heterocycles. The van der Waals surface area contributed by atoms with Crippen LogP contribution in [0.15, 0.2) is 22.4 Å². The lowest BCUT2D eigenvalue weighted by Crippen LogP contribution is -1.83. The van der Waals surface area contributed by atoms with Gasteiger partial charge in [0.2, 0.25) is 0 Å². The normalized spacial score (nSPS) is 12.1. The van der Waals surface area contributed by atoms with Gasteiger partial charge in [0.15, 0.2) is 0 Å². The number of nitrogens with zero attached hydrogens (tertiary/aromatic N) is 1. The van der Waals surface area contributed by atoms with Crippen LogP contribution in [0.3, 0.4) is 0 Å². The van der Waals surface area contributed by atoms with Crippen molar-refractivity contribution in [3.63, 3.8) is 0 Å². The second-order valence-corrected chi connectivity index (χ2v) is 6.78. The topological polar surface area (TPSA) is 47.0 Å². The molecule has 0 radical (unpaired) electrons. The fourth-order valence-corrected chi connectivity index (χ4v) is 3.22. The molecule has 2 heterocycles. The number of halogens is 2. The van der Waals surface area contributed by atoms with E-state index in [-0.39, 0.29) is 4.21 Å². The van der Waals surface area contributed by atoms with Gasteiger partial charge in [-0.1, -0.05) is 11.6 Å². The second kappa shape index (κ2) is 3.34. The Labute approximate surface area is 93.7 Å². The maximum absolute atomic E-state index is 11.0. The van der Waals surface area contributed by atoms with Crippen LogP contribution in [0, 0.1) is 0 Å². The van der Waals surface area contributed by atoms with Crippen LogP contribution < -0.4 is 0 Å². The molecule has 14 heavy (non-hydrogen) atoms. The number of hydrogen-bond donors (Lipinski definition) is 0. The van der Waals surface area contributed by atoms with Crippen molar-refractivity contribution in [1.29, 1.82) is 0 Å². The first-order valence-electron chi connectivity index (χ1n) is 3.47. The van der Waals surface area contributed by atoms with Gasteiger partial charge >= 0.3 is 0 Å². The summed E-state index contributed by atoms with van der Waals surface area (Å²) in [6.07, 6.45) is 0. The molecule has 0 aliphatic heterocycles. The second-order valence-electron chi connectivity index (χ2n) is 2.52. The zero-order chi connectivity index (χ0) is 10.3. The van der Waals surface area contributed by atoms with Crippen LogP contribution in [-0.4, -0.2) is 13.4 Å². The highest BCUT2D eigenvalue weighted by molar-refractivity contribution is 8.15. The highest BCUT2D eigenvalue weighted by atomic mass is 35.7. The Kier molecular flexibility index (Phi) is 2.43. The van der Waals surface area contributed by atoms with Gasteiger partial charge in [0, 0.05) is 10.7 Å². The van der Waals surface area contributed by atoms with Crippen LogP contribution in [0.2, 0.25) is 5.15 Å². The molecule has 0 aliphatic rings. The summed E-state index contributed by atoms with van der Waals surface area (Å²) < 4.78 is 22.8. The van der Waals surface area contributed by atoms with E-state index in [4.69, 9.17) is 22.3 Å². The first-order valence-corrected chi connectivity index (χ1v) is 6.98. The molecule has 2 aromatic rings. The molecule has 0 amide bonds. The Morgan fingerprint density at radius 2 is 2.07 bits per heavy atom. The molecule has 0 spiro atoms. The number of hydrogen-bond acceptors (Lipinski definition) is 4. The molecule has 0 atom stereocenters. The minimum atomic E-state index is -3.67. The lowest BCUT2D eigenvalue weighted by Gasteiger charge is -1.87. The third kappa shape index (κ3) is 1.86. The number of thiophene rings is 1. The van der Waals surface area contributed by atoms with Crippen molar-refractivity contribution < 1.29 is 8.42 Å². The third-order valence-electron chi connectivity index (χ3n) is 1.56. The van der Waals surface area contributed by atoms with Crippen LogP contribution in [0.5, 0.6) is 0 Å². The van der Waals surface area contributed by atoms with Gasteiger partial charge in [-0.05, 0) is 18.2 Å². The summed E-state index contributed by atoms with van der Waals surface area (Å²) in [5.41, 5.74) is 0.543. The van der Waals surface area contributed by atoms with Gasteiger partial charge in [0.05, 0.1) is 10.2 Å². The predicted molar refractivity (Wildman–Crippen MR) is 57.7 cm³/mol. The van der Waals surface area contributed by atoms with Gasteiger partial charge in [0.1, 0.15) is 9.36 Å². The first-order chi connectivity index (χ1) is 6.47. The monoisotopic (exact) mass is 267 g/mol. The summed E-state index contributed by atoms with van der Waals surface area (Å²) in [6, 6.07) is 4.72. The van der Waals surface area contributed by atoms with Crippen molar-refractivity contribution in [3.8, 4) is 0 Å². The summed E-state index contributed by atoms with van der Waals surface area (Å²) >= 11 is 6.73. The lowest BCUT2D eigenvalue weighted by molar-refractivity contribution is 0.611. The Morgan fingerprint density at radius 3 is 2.71 bits per heavy atom. The molecule has 0 saturated carbocycles. The molecule has 7 heteroatoms. The summed E-state index contributed by atoms with van der Waals surface area (Å²) in [5.74, 6) is 0. The van der Waals surface area contributed by atoms with Gasteiger partial charge in [0.25, 0.3) is 9.05 Å². The number of rotatable bonds is 1. The van der Waals surface area contributed by atoms with Crippen molar-refractivity contribution in [3.05, 3.63) is 23.4 Å². The number of pyridine rings is 1. The standard InChI is InChI=1S/C7H3Cl2NO2S2/c8-6-2-1-5-4(10-6)3-7(13-5)14(9,11)12/h1-3H. The average Bonchev–Trinajstić information content (AvgIpc) is 2.45. The van der Waals surface area contributed by atoms with Crippen molar-refractivity contribution in [2.45, 2.75) is 4.21 Å². The average molecular weight is 268 g/mol. The van der Waals surface area contributed by atoms with Crippen LogP contribution >= 0.6 is 33.6 Å². The summed E-state index contributed by atoms with van der Waals surface area (Å²) in [5, 5.41) is 0.328.